The van der Waals surface area contributed by atoms with Crippen molar-refractivity contribution in [2.24, 2.45) is 4.99 Å². The van der Waals surface area contributed by atoms with Crippen LogP contribution in [0.1, 0.15) is 21.5 Å². The Morgan fingerprint density at radius 1 is 1.11 bits per heavy atom. The summed E-state index contributed by atoms with van der Waals surface area (Å²) >= 11 is 1.40. The average molecular weight is 401 g/mol. The van der Waals surface area contributed by atoms with Crippen LogP contribution in [0.2, 0.25) is 0 Å². The van der Waals surface area contributed by atoms with Crippen molar-refractivity contribution in [2.45, 2.75) is 25.1 Å². The summed E-state index contributed by atoms with van der Waals surface area (Å²) in [5.41, 5.74) is 3.56. The first-order valence-corrected chi connectivity index (χ1v) is 11.5. The molecule has 0 spiro atoms. The molecule has 2 fully saturated rings. The molecule has 27 heavy (non-hydrogen) atoms. The van der Waals surface area contributed by atoms with Crippen molar-refractivity contribution >= 4 is 38.4 Å². The number of thioether (sulfide) groups is 1. The van der Waals surface area contributed by atoms with Gasteiger partial charge >= 0.3 is 0 Å². The number of rotatable bonds is 2. The first-order valence-electron chi connectivity index (χ1n) is 8.76. The smallest absolute Gasteiger partial charge is 0.279 e. The molecule has 2 atom stereocenters. The van der Waals surface area contributed by atoms with Crippen LogP contribution in [-0.4, -0.2) is 42.3 Å². The van der Waals surface area contributed by atoms with Crippen LogP contribution in [0.25, 0.3) is 0 Å². The van der Waals surface area contributed by atoms with Gasteiger partial charge in [-0.1, -0.05) is 42.1 Å². The fourth-order valence-corrected chi connectivity index (χ4v) is 7.46. The molecule has 7 heteroatoms. The van der Waals surface area contributed by atoms with Crippen LogP contribution in [0.3, 0.4) is 0 Å². The molecule has 140 valence electrons. The summed E-state index contributed by atoms with van der Waals surface area (Å²) in [5.74, 6) is -0.0880. The van der Waals surface area contributed by atoms with Crippen molar-refractivity contribution in [3.63, 3.8) is 0 Å². The van der Waals surface area contributed by atoms with E-state index < -0.39 is 9.84 Å². The SMILES string of the molecule is Cc1ccc(C)c(N2C(=NC(=O)c3ccccc3)S[C@@H]3CS(=O)(=O)C[C@H]32)c1. The van der Waals surface area contributed by atoms with Gasteiger partial charge in [0.2, 0.25) is 0 Å². The van der Waals surface area contributed by atoms with E-state index in [2.05, 4.69) is 4.99 Å². The van der Waals surface area contributed by atoms with Gasteiger partial charge in [0.1, 0.15) is 0 Å². The van der Waals surface area contributed by atoms with Gasteiger partial charge in [0.15, 0.2) is 15.0 Å². The minimum absolute atomic E-state index is 0.0938. The van der Waals surface area contributed by atoms with Crippen LogP contribution < -0.4 is 4.90 Å². The Bertz CT molecular complexity index is 1030. The summed E-state index contributed by atoms with van der Waals surface area (Å²) in [4.78, 5) is 19.0. The monoisotopic (exact) mass is 400 g/mol. The van der Waals surface area contributed by atoms with Crippen molar-refractivity contribution < 1.29 is 13.2 Å². The first-order chi connectivity index (χ1) is 12.8. The molecule has 2 aliphatic heterocycles. The third kappa shape index (κ3) is 3.53. The predicted octanol–water partition coefficient (Wildman–Crippen LogP) is 3.22. The summed E-state index contributed by atoms with van der Waals surface area (Å²) in [6.45, 7) is 3.99. The number of sulfone groups is 1. The zero-order valence-corrected chi connectivity index (χ0v) is 16.8. The quantitative estimate of drug-likeness (QED) is 0.774. The highest BCUT2D eigenvalue weighted by atomic mass is 32.2. The normalized spacial score (nSPS) is 25.0. The van der Waals surface area contributed by atoms with Gasteiger partial charge in [0, 0.05) is 16.5 Å². The van der Waals surface area contributed by atoms with Gasteiger partial charge < -0.3 is 4.90 Å². The Kier molecular flexibility index (Phi) is 4.60. The minimum Gasteiger partial charge on any atom is -0.315 e. The van der Waals surface area contributed by atoms with E-state index in [9.17, 15) is 13.2 Å². The van der Waals surface area contributed by atoms with Crippen molar-refractivity contribution in [1.29, 1.82) is 0 Å². The van der Waals surface area contributed by atoms with Gasteiger partial charge in [0.25, 0.3) is 5.91 Å². The second-order valence-corrected chi connectivity index (χ2v) is 10.4. The molecule has 5 nitrogen and oxygen atoms in total. The van der Waals surface area contributed by atoms with Crippen LogP contribution in [0.15, 0.2) is 53.5 Å². The number of benzene rings is 2. The van der Waals surface area contributed by atoms with Gasteiger partial charge in [-0.3, -0.25) is 4.79 Å². The lowest BCUT2D eigenvalue weighted by Crippen LogP contribution is -2.38. The molecule has 4 rings (SSSR count). The Balaban J connectivity index is 1.78. The van der Waals surface area contributed by atoms with Gasteiger partial charge in [0.05, 0.1) is 17.5 Å². The molecule has 0 saturated carbocycles. The molecule has 0 N–H and O–H groups in total. The average Bonchev–Trinajstić information content (AvgIpc) is 3.09. The van der Waals surface area contributed by atoms with Crippen molar-refractivity contribution in [3.8, 4) is 0 Å². The summed E-state index contributed by atoms with van der Waals surface area (Å²) in [5, 5.41) is 0.486. The molecule has 2 saturated heterocycles. The van der Waals surface area contributed by atoms with E-state index in [0.717, 1.165) is 16.8 Å². The molecule has 1 amide bonds. The maximum atomic E-state index is 12.6. The van der Waals surface area contributed by atoms with Crippen LogP contribution in [0, 0.1) is 13.8 Å². The first kappa shape index (κ1) is 18.3. The van der Waals surface area contributed by atoms with Crippen LogP contribution >= 0.6 is 11.8 Å². The molecule has 2 aromatic carbocycles. The minimum atomic E-state index is -3.08. The number of aliphatic imine (C=N–C) groups is 1. The Hall–Kier alpha value is -2.12. The summed E-state index contributed by atoms with van der Waals surface area (Å²) in [7, 11) is -3.08. The number of hydrogen-bond donors (Lipinski definition) is 0. The van der Waals surface area contributed by atoms with Crippen LogP contribution in [0.5, 0.6) is 0 Å². The largest absolute Gasteiger partial charge is 0.315 e. The number of amidine groups is 1. The van der Waals surface area contributed by atoms with Crippen LogP contribution in [0.4, 0.5) is 5.69 Å². The fraction of sp³-hybridized carbons (Fsp3) is 0.300. The van der Waals surface area contributed by atoms with E-state index in [1.165, 1.54) is 11.8 Å². The molecule has 0 unspecified atom stereocenters. The van der Waals surface area contributed by atoms with Gasteiger partial charge in [-0.2, -0.15) is 4.99 Å². The number of carbonyl (C=O) groups excluding carboxylic acids is 1. The van der Waals surface area contributed by atoms with Crippen molar-refractivity contribution in [2.75, 3.05) is 16.4 Å². The highest BCUT2D eigenvalue weighted by Crippen LogP contribution is 2.42. The van der Waals surface area contributed by atoms with E-state index in [1.54, 1.807) is 24.3 Å². The fourth-order valence-electron chi connectivity index (χ4n) is 3.56. The van der Waals surface area contributed by atoms with Crippen LogP contribution in [-0.2, 0) is 9.84 Å². The van der Waals surface area contributed by atoms with E-state index in [4.69, 9.17) is 0 Å². The second-order valence-electron chi connectivity index (χ2n) is 7.03. The van der Waals surface area contributed by atoms with E-state index in [-0.39, 0.29) is 28.7 Å². The van der Waals surface area contributed by atoms with E-state index >= 15 is 0 Å². The summed E-state index contributed by atoms with van der Waals surface area (Å²) < 4.78 is 24.4. The standard InChI is InChI=1S/C20H20N2O3S2/c1-13-8-9-14(2)16(10-13)22-17-11-27(24,25)12-18(17)26-20(22)21-19(23)15-6-4-3-5-7-15/h3-10,17-18H,11-12H2,1-2H3/t17-,18-/m1/s1. The maximum absolute atomic E-state index is 12.6. The number of anilines is 1. The van der Waals surface area contributed by atoms with Crippen molar-refractivity contribution in [3.05, 3.63) is 65.2 Å². The molecule has 0 aromatic heterocycles. The second kappa shape index (κ2) is 6.80. The zero-order chi connectivity index (χ0) is 19.2. The van der Waals surface area contributed by atoms with E-state index in [1.807, 2.05) is 43.0 Å². The van der Waals surface area contributed by atoms with Gasteiger partial charge in [-0.15, -0.1) is 0 Å². The third-order valence-corrected chi connectivity index (χ3v) is 8.12. The number of amides is 1. The Morgan fingerprint density at radius 2 is 1.85 bits per heavy atom. The van der Waals surface area contributed by atoms with Gasteiger partial charge in [-0.25, -0.2) is 8.42 Å². The molecule has 0 radical (unpaired) electrons. The number of fused-ring (bicyclic) bond motifs is 1. The number of carbonyl (C=O) groups is 1. The third-order valence-electron chi connectivity index (χ3n) is 4.91. The predicted molar refractivity (Wildman–Crippen MR) is 110 cm³/mol. The Morgan fingerprint density at radius 3 is 2.59 bits per heavy atom. The maximum Gasteiger partial charge on any atom is 0.279 e. The van der Waals surface area contributed by atoms with Gasteiger partial charge in [-0.05, 0) is 43.2 Å². The summed E-state index contributed by atoms with van der Waals surface area (Å²) in [6.07, 6.45) is 0. The van der Waals surface area contributed by atoms with E-state index in [0.29, 0.717) is 10.7 Å². The molecule has 0 aliphatic carbocycles. The number of nitrogens with zero attached hydrogens (tertiary/aromatic N) is 2. The molecule has 2 aliphatic rings. The molecule has 2 heterocycles. The summed E-state index contributed by atoms with van der Waals surface area (Å²) in [6, 6.07) is 14.8. The molecular formula is C20H20N2O3S2. The highest BCUT2D eigenvalue weighted by molar-refractivity contribution is 8.16. The lowest BCUT2D eigenvalue weighted by Gasteiger charge is -2.26. The highest BCUT2D eigenvalue weighted by Gasteiger charge is 2.49. The number of aryl methyl sites for hydroxylation is 2. The Labute approximate surface area is 163 Å². The zero-order valence-electron chi connectivity index (χ0n) is 15.1. The molecule has 0 bridgehead atoms. The topological polar surface area (TPSA) is 66.8 Å². The molecular weight excluding hydrogens is 380 g/mol. The lowest BCUT2D eigenvalue weighted by molar-refractivity contribution is 0.100. The number of hydrogen-bond acceptors (Lipinski definition) is 4. The van der Waals surface area contributed by atoms with Crippen molar-refractivity contribution in [1.82, 2.24) is 0 Å². The molecule has 2 aromatic rings. The lowest BCUT2D eigenvalue weighted by atomic mass is 10.1.